The lowest BCUT2D eigenvalue weighted by molar-refractivity contribution is 0.448. The summed E-state index contributed by atoms with van der Waals surface area (Å²) < 4.78 is 26.3. The summed E-state index contributed by atoms with van der Waals surface area (Å²) >= 11 is 5.91. The van der Waals surface area contributed by atoms with E-state index in [9.17, 15) is 8.42 Å². The lowest BCUT2D eigenvalue weighted by Gasteiger charge is -2.38. The highest BCUT2D eigenvalue weighted by atomic mass is 35.5. The molecule has 4 nitrogen and oxygen atoms in total. The Labute approximate surface area is 132 Å². The monoisotopic (exact) mass is 330 g/mol. The fraction of sp³-hybridized carbons (Fsp3) is 0.600. The number of para-hydroxylation sites is 1. The first-order valence-corrected chi connectivity index (χ1v) is 9.30. The zero-order valence-electron chi connectivity index (χ0n) is 12.6. The van der Waals surface area contributed by atoms with Crippen molar-refractivity contribution >= 4 is 27.3 Å². The second-order valence-corrected chi connectivity index (χ2v) is 8.07. The van der Waals surface area contributed by atoms with Gasteiger partial charge in [0, 0.05) is 32.6 Å². The number of sulfonamides is 1. The predicted molar refractivity (Wildman–Crippen MR) is 87.6 cm³/mol. The maximum Gasteiger partial charge on any atom is 0.244 e. The number of hydrogen-bond donors (Lipinski definition) is 0. The maximum atomic E-state index is 12.5. The van der Waals surface area contributed by atoms with Gasteiger partial charge in [-0.3, -0.25) is 0 Å². The smallest absolute Gasteiger partial charge is 0.244 e. The molecule has 1 heterocycles. The number of piperidine rings is 1. The minimum atomic E-state index is -3.44. The lowest BCUT2D eigenvalue weighted by Crippen LogP contribution is -2.41. The van der Waals surface area contributed by atoms with Gasteiger partial charge in [0.05, 0.1) is 5.69 Å². The molecule has 0 aliphatic carbocycles. The topological polar surface area (TPSA) is 40.6 Å². The van der Waals surface area contributed by atoms with E-state index in [4.69, 9.17) is 11.6 Å². The van der Waals surface area contributed by atoms with E-state index < -0.39 is 10.0 Å². The minimum absolute atomic E-state index is 0.328. The van der Waals surface area contributed by atoms with Gasteiger partial charge >= 0.3 is 0 Å². The summed E-state index contributed by atoms with van der Waals surface area (Å²) in [6.45, 7) is 0.890. The highest BCUT2D eigenvalue weighted by Gasteiger charge is 2.28. The van der Waals surface area contributed by atoms with Gasteiger partial charge in [0.25, 0.3) is 0 Å². The summed E-state index contributed by atoms with van der Waals surface area (Å²) in [6.07, 6.45) is 4.23. The summed E-state index contributed by atoms with van der Waals surface area (Å²) in [5.41, 5.74) is 0.806. The van der Waals surface area contributed by atoms with Crippen LogP contribution in [0.2, 0.25) is 0 Å². The van der Waals surface area contributed by atoms with Crippen molar-refractivity contribution in [3.63, 3.8) is 0 Å². The van der Waals surface area contributed by atoms with E-state index in [1.807, 2.05) is 12.1 Å². The van der Waals surface area contributed by atoms with Crippen LogP contribution in [0.4, 0.5) is 5.69 Å². The molecule has 1 atom stereocenters. The fourth-order valence-corrected chi connectivity index (χ4v) is 4.20. The molecule has 1 aromatic carbocycles. The first-order chi connectivity index (χ1) is 9.98. The number of anilines is 1. The van der Waals surface area contributed by atoms with Crippen molar-refractivity contribution in [2.24, 2.45) is 0 Å². The molecule has 0 saturated carbocycles. The molecule has 1 fully saturated rings. The van der Waals surface area contributed by atoms with E-state index in [0.29, 0.717) is 16.8 Å². The molecule has 1 aliphatic heterocycles. The lowest BCUT2D eigenvalue weighted by atomic mass is 9.99. The summed E-state index contributed by atoms with van der Waals surface area (Å²) in [7, 11) is -0.301. The van der Waals surface area contributed by atoms with Crippen LogP contribution in [0.15, 0.2) is 29.2 Å². The third-order valence-electron chi connectivity index (χ3n) is 4.00. The third-order valence-corrected chi connectivity index (χ3v) is 6.08. The number of hydrogen-bond acceptors (Lipinski definition) is 3. The number of benzene rings is 1. The SMILES string of the molecule is CN(C)S(=O)(=O)c1ccccc1N1CCCCC1CCCl. The maximum absolute atomic E-state index is 12.5. The van der Waals surface area contributed by atoms with Gasteiger partial charge in [0.2, 0.25) is 10.0 Å². The van der Waals surface area contributed by atoms with Gasteiger partial charge in [0.15, 0.2) is 0 Å². The van der Waals surface area contributed by atoms with Crippen molar-refractivity contribution in [1.29, 1.82) is 0 Å². The largest absolute Gasteiger partial charge is 0.367 e. The second kappa shape index (κ2) is 6.99. The van der Waals surface area contributed by atoms with Gasteiger partial charge in [0.1, 0.15) is 4.90 Å². The van der Waals surface area contributed by atoms with E-state index in [2.05, 4.69) is 4.90 Å². The van der Waals surface area contributed by atoms with Crippen molar-refractivity contribution in [2.45, 2.75) is 36.6 Å². The third kappa shape index (κ3) is 3.52. The van der Waals surface area contributed by atoms with Crippen molar-refractivity contribution in [2.75, 3.05) is 31.4 Å². The van der Waals surface area contributed by atoms with Crippen LogP contribution in [0.5, 0.6) is 0 Å². The van der Waals surface area contributed by atoms with Crippen LogP contribution in [-0.2, 0) is 10.0 Å². The van der Waals surface area contributed by atoms with Crippen LogP contribution in [0.25, 0.3) is 0 Å². The Bertz CT molecular complexity index is 573. The number of rotatable bonds is 5. The van der Waals surface area contributed by atoms with Crippen molar-refractivity contribution < 1.29 is 8.42 Å². The Morgan fingerprint density at radius 2 is 2.00 bits per heavy atom. The zero-order chi connectivity index (χ0) is 15.5. The molecule has 0 amide bonds. The molecule has 0 bridgehead atoms. The van der Waals surface area contributed by atoms with Crippen LogP contribution in [0.1, 0.15) is 25.7 Å². The average Bonchev–Trinajstić information content (AvgIpc) is 2.48. The molecule has 21 heavy (non-hydrogen) atoms. The number of nitrogens with zero attached hydrogens (tertiary/aromatic N) is 2. The molecular formula is C15H23ClN2O2S. The molecule has 1 saturated heterocycles. The highest BCUT2D eigenvalue weighted by Crippen LogP contribution is 2.32. The molecule has 1 aromatic rings. The van der Waals surface area contributed by atoms with Crippen LogP contribution < -0.4 is 4.90 Å². The van der Waals surface area contributed by atoms with E-state index in [1.165, 1.54) is 10.7 Å². The Morgan fingerprint density at radius 1 is 1.29 bits per heavy atom. The molecule has 2 rings (SSSR count). The zero-order valence-corrected chi connectivity index (χ0v) is 14.2. The van der Waals surface area contributed by atoms with Gasteiger partial charge < -0.3 is 4.90 Å². The number of alkyl halides is 1. The average molecular weight is 331 g/mol. The van der Waals surface area contributed by atoms with Gasteiger partial charge in [-0.05, 0) is 37.8 Å². The Balaban J connectivity index is 2.44. The molecule has 0 aromatic heterocycles. The summed E-state index contributed by atoms with van der Waals surface area (Å²) in [5.74, 6) is 0.601. The first kappa shape index (κ1) is 16.6. The second-order valence-electron chi connectivity index (χ2n) is 5.58. The van der Waals surface area contributed by atoms with Crippen molar-refractivity contribution in [3.05, 3.63) is 24.3 Å². The quantitative estimate of drug-likeness (QED) is 0.779. The molecular weight excluding hydrogens is 308 g/mol. The Hall–Kier alpha value is -0.780. The molecule has 6 heteroatoms. The first-order valence-electron chi connectivity index (χ1n) is 7.32. The predicted octanol–water partition coefficient (Wildman–Crippen LogP) is 2.92. The molecule has 118 valence electrons. The Kier molecular flexibility index (Phi) is 5.52. The van der Waals surface area contributed by atoms with E-state index in [-0.39, 0.29) is 0 Å². The molecule has 0 spiro atoms. The molecule has 1 aliphatic rings. The Morgan fingerprint density at radius 3 is 2.67 bits per heavy atom. The van der Waals surface area contributed by atoms with Crippen LogP contribution in [-0.4, -0.2) is 45.3 Å². The van der Waals surface area contributed by atoms with Crippen LogP contribution in [0.3, 0.4) is 0 Å². The highest BCUT2D eigenvalue weighted by molar-refractivity contribution is 7.89. The molecule has 0 N–H and O–H groups in total. The van der Waals surface area contributed by atoms with Crippen molar-refractivity contribution in [1.82, 2.24) is 4.31 Å². The van der Waals surface area contributed by atoms with Gasteiger partial charge in [-0.15, -0.1) is 11.6 Å². The van der Waals surface area contributed by atoms with Crippen LogP contribution >= 0.6 is 11.6 Å². The normalized spacial score (nSPS) is 20.0. The molecule has 0 radical (unpaired) electrons. The van der Waals surface area contributed by atoms with Gasteiger partial charge in [-0.1, -0.05) is 12.1 Å². The summed E-state index contributed by atoms with van der Waals surface area (Å²) in [6, 6.07) is 7.60. The van der Waals surface area contributed by atoms with Gasteiger partial charge in [-0.25, -0.2) is 12.7 Å². The van der Waals surface area contributed by atoms with E-state index in [0.717, 1.165) is 31.5 Å². The standard InChI is InChI=1S/C15H23ClN2O2S/c1-17(2)21(19,20)15-9-4-3-8-14(15)18-12-6-5-7-13(18)10-11-16/h3-4,8-9,13H,5-7,10-12H2,1-2H3. The summed E-state index contributed by atoms with van der Waals surface area (Å²) in [5, 5.41) is 0. The van der Waals surface area contributed by atoms with Crippen molar-refractivity contribution in [3.8, 4) is 0 Å². The van der Waals surface area contributed by atoms with Crippen LogP contribution in [0, 0.1) is 0 Å². The van der Waals surface area contributed by atoms with E-state index >= 15 is 0 Å². The summed E-state index contributed by atoms with van der Waals surface area (Å²) in [4.78, 5) is 2.61. The van der Waals surface area contributed by atoms with Gasteiger partial charge in [-0.2, -0.15) is 0 Å². The van der Waals surface area contributed by atoms with E-state index in [1.54, 1.807) is 26.2 Å². The minimum Gasteiger partial charge on any atom is -0.367 e. The molecule has 1 unspecified atom stereocenters. The number of halogens is 1. The fourth-order valence-electron chi connectivity index (χ4n) is 2.85.